The molecular weight excluding hydrogens is 204 g/mol. The van der Waals surface area contributed by atoms with E-state index in [1.54, 1.807) is 6.08 Å². The van der Waals surface area contributed by atoms with Crippen molar-refractivity contribution < 1.29 is 14.6 Å². The van der Waals surface area contributed by atoms with Crippen LogP contribution in [0, 0.1) is 0 Å². The maximum atomic E-state index is 10.9. The summed E-state index contributed by atoms with van der Waals surface area (Å²) in [5.41, 5.74) is 0.804. The van der Waals surface area contributed by atoms with Gasteiger partial charge in [0.2, 0.25) is 5.76 Å². The third-order valence-electron chi connectivity index (χ3n) is 1.89. The Labute approximate surface area is 94.7 Å². The second kappa shape index (κ2) is 6.45. The Kier molecular flexibility index (Phi) is 4.86. The van der Waals surface area contributed by atoms with Crippen LogP contribution in [0.2, 0.25) is 0 Å². The van der Waals surface area contributed by atoms with Crippen molar-refractivity contribution in [2.24, 2.45) is 0 Å². The number of rotatable bonds is 6. The van der Waals surface area contributed by atoms with E-state index in [0.717, 1.165) is 5.56 Å². The number of carbonyl (C=O) groups is 1. The van der Waals surface area contributed by atoms with E-state index in [9.17, 15) is 4.79 Å². The molecule has 0 aliphatic carbocycles. The summed E-state index contributed by atoms with van der Waals surface area (Å²) in [5, 5.41) is 8.91. The minimum atomic E-state index is -1.06. The summed E-state index contributed by atoms with van der Waals surface area (Å²) >= 11 is 0. The first kappa shape index (κ1) is 12.0. The fraction of sp³-hybridized carbons (Fsp3) is 0.154. The second-order valence-electron chi connectivity index (χ2n) is 3.15. The molecule has 16 heavy (non-hydrogen) atoms. The largest absolute Gasteiger partial charge is 0.486 e. The molecule has 1 rings (SSSR count). The van der Waals surface area contributed by atoms with Gasteiger partial charge in [0.25, 0.3) is 0 Å². The van der Waals surface area contributed by atoms with Crippen LogP contribution in [0.4, 0.5) is 0 Å². The van der Waals surface area contributed by atoms with Crippen molar-refractivity contribution in [3.8, 4) is 0 Å². The van der Waals surface area contributed by atoms with Crippen molar-refractivity contribution in [3.05, 3.63) is 54.3 Å². The van der Waals surface area contributed by atoms with E-state index in [-0.39, 0.29) is 5.76 Å². The number of carboxylic acid groups (broad SMARTS) is 1. The van der Waals surface area contributed by atoms with Crippen molar-refractivity contribution in [2.45, 2.75) is 6.42 Å². The van der Waals surface area contributed by atoms with Gasteiger partial charge in [-0.05, 0) is 18.1 Å². The molecule has 0 amide bonds. The quantitative estimate of drug-likeness (QED) is 0.345. The van der Waals surface area contributed by atoms with Crippen molar-refractivity contribution >= 4 is 12.0 Å². The van der Waals surface area contributed by atoms with Gasteiger partial charge in [0.1, 0.15) is 0 Å². The molecule has 84 valence electrons. The van der Waals surface area contributed by atoms with Crippen LogP contribution in [0.15, 0.2) is 48.7 Å². The van der Waals surface area contributed by atoms with Crippen LogP contribution in [0.1, 0.15) is 12.0 Å². The van der Waals surface area contributed by atoms with Gasteiger partial charge in [-0.2, -0.15) is 0 Å². The summed E-state index contributed by atoms with van der Waals surface area (Å²) in [4.78, 5) is 10.9. The van der Waals surface area contributed by atoms with E-state index >= 15 is 0 Å². The van der Waals surface area contributed by atoms with Crippen molar-refractivity contribution in [1.82, 2.24) is 0 Å². The highest BCUT2D eigenvalue weighted by molar-refractivity contribution is 5.89. The fourth-order valence-corrected chi connectivity index (χ4v) is 1.12. The van der Waals surface area contributed by atoms with Gasteiger partial charge < -0.3 is 9.84 Å². The SMILES string of the molecule is C=CCCOC(=Cc1ccccc1)C(=O)O. The summed E-state index contributed by atoms with van der Waals surface area (Å²) in [7, 11) is 0. The third-order valence-corrected chi connectivity index (χ3v) is 1.89. The van der Waals surface area contributed by atoms with Gasteiger partial charge in [-0.25, -0.2) is 4.79 Å². The zero-order valence-corrected chi connectivity index (χ0v) is 8.93. The van der Waals surface area contributed by atoms with E-state index in [2.05, 4.69) is 6.58 Å². The van der Waals surface area contributed by atoms with Gasteiger partial charge in [0.05, 0.1) is 6.61 Å². The van der Waals surface area contributed by atoms with Gasteiger partial charge in [0.15, 0.2) is 0 Å². The van der Waals surface area contributed by atoms with Crippen LogP contribution in [0.3, 0.4) is 0 Å². The van der Waals surface area contributed by atoms with E-state index in [1.807, 2.05) is 30.3 Å². The van der Waals surface area contributed by atoms with Gasteiger partial charge in [-0.15, -0.1) is 6.58 Å². The normalized spacial score (nSPS) is 10.9. The van der Waals surface area contributed by atoms with Crippen LogP contribution < -0.4 is 0 Å². The molecule has 0 saturated heterocycles. The Balaban J connectivity index is 2.73. The molecule has 3 nitrogen and oxygen atoms in total. The Morgan fingerprint density at radius 3 is 2.62 bits per heavy atom. The molecule has 0 unspecified atom stereocenters. The molecule has 3 heteroatoms. The molecule has 1 N–H and O–H groups in total. The van der Waals surface area contributed by atoms with E-state index in [0.29, 0.717) is 13.0 Å². The average Bonchev–Trinajstić information content (AvgIpc) is 2.29. The van der Waals surface area contributed by atoms with Crippen LogP contribution in [0.25, 0.3) is 6.08 Å². The zero-order valence-electron chi connectivity index (χ0n) is 8.93. The first-order valence-corrected chi connectivity index (χ1v) is 4.98. The third kappa shape index (κ3) is 4.00. The zero-order chi connectivity index (χ0) is 11.8. The van der Waals surface area contributed by atoms with E-state index < -0.39 is 5.97 Å². The highest BCUT2D eigenvalue weighted by Crippen LogP contribution is 2.08. The highest BCUT2D eigenvalue weighted by atomic mass is 16.5. The summed E-state index contributed by atoms with van der Waals surface area (Å²) < 4.78 is 5.14. The van der Waals surface area contributed by atoms with Crippen molar-refractivity contribution in [2.75, 3.05) is 6.61 Å². The Morgan fingerprint density at radius 1 is 1.38 bits per heavy atom. The summed E-state index contributed by atoms with van der Waals surface area (Å²) in [5.74, 6) is -1.11. The van der Waals surface area contributed by atoms with Crippen molar-refractivity contribution in [3.63, 3.8) is 0 Å². The number of carboxylic acids is 1. The lowest BCUT2D eigenvalue weighted by atomic mass is 10.2. The Bertz CT molecular complexity index is 379. The molecule has 0 fully saturated rings. The minimum Gasteiger partial charge on any atom is -0.486 e. The minimum absolute atomic E-state index is 0.0481. The molecule has 0 radical (unpaired) electrons. The first-order chi connectivity index (χ1) is 7.74. The summed E-state index contributed by atoms with van der Waals surface area (Å²) in [6.45, 7) is 3.87. The van der Waals surface area contributed by atoms with Crippen LogP contribution >= 0.6 is 0 Å². The number of hydrogen-bond acceptors (Lipinski definition) is 2. The maximum absolute atomic E-state index is 10.9. The highest BCUT2D eigenvalue weighted by Gasteiger charge is 2.07. The number of aliphatic carboxylic acids is 1. The average molecular weight is 218 g/mol. The van der Waals surface area contributed by atoms with E-state index in [1.165, 1.54) is 6.08 Å². The summed E-state index contributed by atoms with van der Waals surface area (Å²) in [6, 6.07) is 9.19. The lowest BCUT2D eigenvalue weighted by Gasteiger charge is -2.04. The maximum Gasteiger partial charge on any atom is 0.371 e. The number of hydrogen-bond donors (Lipinski definition) is 1. The predicted octanol–water partition coefficient (Wildman–Crippen LogP) is 2.70. The topological polar surface area (TPSA) is 46.5 Å². The molecule has 1 aromatic carbocycles. The van der Waals surface area contributed by atoms with Gasteiger partial charge in [0, 0.05) is 0 Å². The molecule has 0 aliphatic heterocycles. The lowest BCUT2D eigenvalue weighted by molar-refractivity contribution is -0.136. The fourth-order valence-electron chi connectivity index (χ4n) is 1.12. The van der Waals surface area contributed by atoms with Gasteiger partial charge >= 0.3 is 5.97 Å². The predicted molar refractivity (Wildman–Crippen MR) is 62.8 cm³/mol. The molecule has 0 saturated carbocycles. The number of ether oxygens (including phenoxy) is 1. The second-order valence-corrected chi connectivity index (χ2v) is 3.15. The Morgan fingerprint density at radius 2 is 2.06 bits per heavy atom. The van der Waals surface area contributed by atoms with Gasteiger partial charge in [-0.3, -0.25) is 0 Å². The molecule has 0 aromatic heterocycles. The van der Waals surface area contributed by atoms with Crippen LogP contribution in [-0.2, 0) is 9.53 Å². The lowest BCUT2D eigenvalue weighted by Crippen LogP contribution is -2.05. The molecule has 0 spiro atoms. The van der Waals surface area contributed by atoms with Gasteiger partial charge in [-0.1, -0.05) is 36.4 Å². The number of benzene rings is 1. The van der Waals surface area contributed by atoms with Crippen LogP contribution in [0.5, 0.6) is 0 Å². The standard InChI is InChI=1S/C13H14O3/c1-2-3-9-16-12(13(14)15)10-11-7-5-4-6-8-11/h2,4-8,10H,1,3,9H2,(H,14,15). The first-order valence-electron chi connectivity index (χ1n) is 4.98. The molecule has 0 atom stereocenters. The molecule has 0 aliphatic rings. The van der Waals surface area contributed by atoms with Crippen LogP contribution in [-0.4, -0.2) is 17.7 Å². The van der Waals surface area contributed by atoms with Crippen molar-refractivity contribution in [1.29, 1.82) is 0 Å². The monoisotopic (exact) mass is 218 g/mol. The Hall–Kier alpha value is -2.03. The molecular formula is C13H14O3. The van der Waals surface area contributed by atoms with E-state index in [4.69, 9.17) is 9.84 Å². The molecule has 0 bridgehead atoms. The smallest absolute Gasteiger partial charge is 0.371 e. The molecule has 1 aromatic rings. The molecule has 0 heterocycles. The summed E-state index contributed by atoms with van der Waals surface area (Å²) in [6.07, 6.45) is 3.81.